The molecule has 1 amide bonds. The first-order valence-electron chi connectivity index (χ1n) is 5.90. The van der Waals surface area contributed by atoms with Crippen molar-refractivity contribution in [3.8, 4) is 0 Å². The van der Waals surface area contributed by atoms with E-state index in [-0.39, 0.29) is 11.9 Å². The Morgan fingerprint density at radius 2 is 2.35 bits per heavy atom. The van der Waals surface area contributed by atoms with Gasteiger partial charge in [0.1, 0.15) is 0 Å². The van der Waals surface area contributed by atoms with Crippen molar-refractivity contribution in [1.29, 1.82) is 0 Å². The van der Waals surface area contributed by atoms with Crippen LogP contribution in [0.1, 0.15) is 24.9 Å². The van der Waals surface area contributed by atoms with Gasteiger partial charge in [0, 0.05) is 11.4 Å². The largest absolute Gasteiger partial charge is 0.350 e. The minimum absolute atomic E-state index is 0.00855. The van der Waals surface area contributed by atoms with Crippen molar-refractivity contribution < 1.29 is 4.79 Å². The minimum Gasteiger partial charge on any atom is -0.350 e. The van der Waals surface area contributed by atoms with Crippen molar-refractivity contribution in [2.45, 2.75) is 19.4 Å². The molecule has 1 fully saturated rings. The lowest BCUT2D eigenvalue weighted by molar-refractivity contribution is -0.123. The molecule has 0 saturated carbocycles. The smallest absolute Gasteiger partial charge is 0.220 e. The van der Waals surface area contributed by atoms with Gasteiger partial charge in [-0.05, 0) is 43.6 Å². The van der Waals surface area contributed by atoms with Crippen LogP contribution < -0.4 is 10.6 Å². The highest BCUT2D eigenvalue weighted by atomic mass is 35.5. The van der Waals surface area contributed by atoms with Crippen LogP contribution in [0.4, 0.5) is 0 Å². The van der Waals surface area contributed by atoms with Gasteiger partial charge in [-0.25, -0.2) is 0 Å². The number of benzene rings is 1. The number of halogens is 1. The van der Waals surface area contributed by atoms with Crippen LogP contribution in [0.3, 0.4) is 0 Å². The Morgan fingerprint density at radius 3 is 2.94 bits per heavy atom. The molecule has 0 aliphatic carbocycles. The van der Waals surface area contributed by atoms with E-state index < -0.39 is 0 Å². The molecule has 1 aromatic carbocycles. The van der Waals surface area contributed by atoms with Crippen molar-refractivity contribution >= 4 is 17.5 Å². The molecule has 1 aliphatic rings. The zero-order valence-electron chi connectivity index (χ0n) is 9.87. The Bertz CT molecular complexity index is 404. The third-order valence-corrected chi connectivity index (χ3v) is 3.30. The number of carbonyl (C=O) groups excluding carboxylic acids is 1. The average molecular weight is 253 g/mol. The van der Waals surface area contributed by atoms with Gasteiger partial charge in [0.25, 0.3) is 0 Å². The van der Waals surface area contributed by atoms with E-state index in [1.807, 2.05) is 31.2 Å². The average Bonchev–Trinajstić information content (AvgIpc) is 2.23. The molecule has 1 aromatic rings. The first-order chi connectivity index (χ1) is 8.15. The second-order valence-electron chi connectivity index (χ2n) is 4.57. The van der Waals surface area contributed by atoms with Gasteiger partial charge in [0.15, 0.2) is 0 Å². The number of hydrogen-bond acceptors (Lipinski definition) is 2. The van der Waals surface area contributed by atoms with Crippen molar-refractivity contribution in [1.82, 2.24) is 10.6 Å². The monoisotopic (exact) mass is 252 g/mol. The Kier molecular flexibility index (Phi) is 4.02. The Labute approximate surface area is 107 Å². The summed E-state index contributed by atoms with van der Waals surface area (Å²) in [5.74, 6) is 0.616. The van der Waals surface area contributed by atoms with E-state index in [1.165, 1.54) is 0 Å². The van der Waals surface area contributed by atoms with Crippen molar-refractivity contribution in [3.63, 3.8) is 0 Å². The molecule has 0 bridgehead atoms. The topological polar surface area (TPSA) is 41.1 Å². The van der Waals surface area contributed by atoms with E-state index in [4.69, 9.17) is 11.6 Å². The van der Waals surface area contributed by atoms with Gasteiger partial charge >= 0.3 is 0 Å². The summed E-state index contributed by atoms with van der Waals surface area (Å²) in [6.07, 6.45) is 0.609. The lowest BCUT2D eigenvalue weighted by Crippen LogP contribution is -2.44. The van der Waals surface area contributed by atoms with Crippen LogP contribution in [0.5, 0.6) is 0 Å². The number of amides is 1. The molecular formula is C13H17ClN2O. The molecule has 0 spiro atoms. The standard InChI is InChI=1S/C13H17ClN2O/c1-9(11-3-2-4-12(14)6-11)16-13(17)5-10-7-15-8-10/h2-4,6,9-10,15H,5,7-8H2,1H3,(H,16,17). The zero-order chi connectivity index (χ0) is 12.3. The second-order valence-corrected chi connectivity index (χ2v) is 5.01. The molecule has 1 atom stereocenters. The molecule has 2 N–H and O–H groups in total. The van der Waals surface area contributed by atoms with Crippen LogP contribution in [-0.4, -0.2) is 19.0 Å². The molecule has 1 aliphatic heterocycles. The summed E-state index contributed by atoms with van der Waals surface area (Å²) in [4.78, 5) is 11.7. The summed E-state index contributed by atoms with van der Waals surface area (Å²) in [5, 5.41) is 6.86. The predicted octanol–water partition coefficient (Wildman–Crippen LogP) is 2.13. The van der Waals surface area contributed by atoms with Crippen LogP contribution >= 0.6 is 11.6 Å². The number of nitrogens with one attached hydrogen (secondary N) is 2. The molecule has 0 radical (unpaired) electrons. The Morgan fingerprint density at radius 1 is 1.59 bits per heavy atom. The summed E-state index contributed by atoms with van der Waals surface area (Å²) in [7, 11) is 0. The van der Waals surface area contributed by atoms with Gasteiger partial charge < -0.3 is 10.6 Å². The fraction of sp³-hybridized carbons (Fsp3) is 0.462. The fourth-order valence-corrected chi connectivity index (χ4v) is 2.11. The third-order valence-electron chi connectivity index (χ3n) is 3.07. The Balaban J connectivity index is 1.87. The van der Waals surface area contributed by atoms with Gasteiger partial charge in [0.05, 0.1) is 6.04 Å². The molecule has 4 heteroatoms. The number of rotatable bonds is 4. The van der Waals surface area contributed by atoms with Crippen molar-refractivity contribution in [2.75, 3.05) is 13.1 Å². The molecule has 1 unspecified atom stereocenters. The maximum absolute atomic E-state index is 11.7. The summed E-state index contributed by atoms with van der Waals surface area (Å²) in [6, 6.07) is 7.60. The number of hydrogen-bond donors (Lipinski definition) is 2. The first kappa shape index (κ1) is 12.4. The third kappa shape index (κ3) is 3.45. The SMILES string of the molecule is CC(NC(=O)CC1CNC1)c1cccc(Cl)c1. The highest BCUT2D eigenvalue weighted by molar-refractivity contribution is 6.30. The fourth-order valence-electron chi connectivity index (χ4n) is 1.91. The van der Waals surface area contributed by atoms with Crippen molar-refractivity contribution in [2.24, 2.45) is 5.92 Å². The Hall–Kier alpha value is -1.06. The van der Waals surface area contributed by atoms with Gasteiger partial charge in [-0.2, -0.15) is 0 Å². The molecule has 92 valence electrons. The molecule has 0 aromatic heterocycles. The number of carbonyl (C=O) groups is 1. The van der Waals surface area contributed by atoms with Crippen LogP contribution in [-0.2, 0) is 4.79 Å². The van der Waals surface area contributed by atoms with Crippen LogP contribution in [0.2, 0.25) is 5.02 Å². The molecular weight excluding hydrogens is 236 g/mol. The summed E-state index contributed by atoms with van der Waals surface area (Å²) < 4.78 is 0. The summed E-state index contributed by atoms with van der Waals surface area (Å²) in [5.41, 5.74) is 1.04. The lowest BCUT2D eigenvalue weighted by atomic mass is 9.98. The maximum Gasteiger partial charge on any atom is 0.220 e. The van der Waals surface area contributed by atoms with Crippen LogP contribution in [0.25, 0.3) is 0 Å². The summed E-state index contributed by atoms with van der Waals surface area (Å²) >= 11 is 5.92. The van der Waals surface area contributed by atoms with Crippen molar-refractivity contribution in [3.05, 3.63) is 34.9 Å². The molecule has 17 heavy (non-hydrogen) atoms. The quantitative estimate of drug-likeness (QED) is 0.862. The van der Waals surface area contributed by atoms with Gasteiger partial charge in [-0.3, -0.25) is 4.79 Å². The van der Waals surface area contributed by atoms with E-state index in [0.717, 1.165) is 18.7 Å². The van der Waals surface area contributed by atoms with Crippen LogP contribution in [0, 0.1) is 5.92 Å². The van der Waals surface area contributed by atoms with Gasteiger partial charge in [0.2, 0.25) is 5.91 Å². The zero-order valence-corrected chi connectivity index (χ0v) is 10.6. The minimum atomic E-state index is 0.00855. The van der Waals surface area contributed by atoms with Gasteiger partial charge in [-0.15, -0.1) is 0 Å². The van der Waals surface area contributed by atoms with E-state index in [0.29, 0.717) is 17.4 Å². The van der Waals surface area contributed by atoms with Gasteiger partial charge in [-0.1, -0.05) is 23.7 Å². The molecule has 3 nitrogen and oxygen atoms in total. The highest BCUT2D eigenvalue weighted by Crippen LogP contribution is 2.18. The second kappa shape index (κ2) is 5.52. The van der Waals surface area contributed by atoms with E-state index >= 15 is 0 Å². The van der Waals surface area contributed by atoms with Crippen LogP contribution in [0.15, 0.2) is 24.3 Å². The van der Waals surface area contributed by atoms with E-state index in [1.54, 1.807) is 0 Å². The first-order valence-corrected chi connectivity index (χ1v) is 6.28. The molecule has 1 saturated heterocycles. The molecule has 1 heterocycles. The lowest BCUT2D eigenvalue weighted by Gasteiger charge is -2.27. The maximum atomic E-state index is 11.7. The van der Waals surface area contributed by atoms with E-state index in [9.17, 15) is 4.79 Å². The summed E-state index contributed by atoms with van der Waals surface area (Å²) in [6.45, 7) is 3.89. The highest BCUT2D eigenvalue weighted by Gasteiger charge is 2.21. The van der Waals surface area contributed by atoms with E-state index in [2.05, 4.69) is 10.6 Å². The predicted molar refractivity (Wildman–Crippen MR) is 69.0 cm³/mol. The molecule has 2 rings (SSSR count). The normalized spacial score (nSPS) is 17.3.